The van der Waals surface area contributed by atoms with E-state index in [0.29, 0.717) is 17.9 Å². The molecule has 88 valence electrons. The van der Waals surface area contributed by atoms with Crippen molar-refractivity contribution in [2.45, 2.75) is 32.1 Å². The van der Waals surface area contributed by atoms with Crippen LogP contribution in [-0.4, -0.2) is 15.3 Å². The van der Waals surface area contributed by atoms with Crippen molar-refractivity contribution in [2.24, 2.45) is 5.92 Å². The molecule has 0 aromatic carbocycles. The molecule has 1 rings (SSSR count). The van der Waals surface area contributed by atoms with Crippen LogP contribution in [0.15, 0.2) is 18.5 Å². The smallest absolute Gasteiger partial charge is 0.258 e. The van der Waals surface area contributed by atoms with Crippen molar-refractivity contribution < 1.29 is 4.92 Å². The maximum Gasteiger partial charge on any atom is 0.290 e. The van der Waals surface area contributed by atoms with E-state index in [2.05, 4.69) is 18.8 Å². The number of pyridine rings is 1. The monoisotopic (exact) mass is 242 g/mol. The van der Waals surface area contributed by atoms with Gasteiger partial charge in [0.15, 0.2) is 0 Å². The molecule has 5 heteroatoms. The Hall–Kier alpha value is -1.16. The zero-order valence-electron chi connectivity index (χ0n) is 9.39. The molecule has 16 heavy (non-hydrogen) atoms. The lowest BCUT2D eigenvalue weighted by Gasteiger charge is -2.11. The van der Waals surface area contributed by atoms with Crippen LogP contribution in [0.2, 0.25) is 0 Å². The fourth-order valence-electron chi connectivity index (χ4n) is 1.59. The Labute approximate surface area is 99.8 Å². The predicted molar refractivity (Wildman–Crippen MR) is 63.7 cm³/mol. The molecule has 0 amide bonds. The van der Waals surface area contributed by atoms with E-state index in [1.165, 1.54) is 6.20 Å². The Balaban J connectivity index is 2.76. The standard InChI is InChI=1S/C11H15ClN2O2/c1-8(2)5-10(12)6-9-3-4-13-7-11(9)14(15)16/h3-4,7-8,10H,5-6H2,1-2H3. The highest BCUT2D eigenvalue weighted by Crippen LogP contribution is 2.22. The van der Waals surface area contributed by atoms with E-state index in [-0.39, 0.29) is 11.1 Å². The average Bonchev–Trinajstić information content (AvgIpc) is 2.16. The molecule has 0 fully saturated rings. The summed E-state index contributed by atoms with van der Waals surface area (Å²) in [6, 6.07) is 1.66. The highest BCUT2D eigenvalue weighted by Gasteiger charge is 2.17. The topological polar surface area (TPSA) is 56.0 Å². The molecule has 1 unspecified atom stereocenters. The first-order valence-corrected chi connectivity index (χ1v) is 5.65. The first kappa shape index (κ1) is 12.9. The third-order valence-corrected chi connectivity index (χ3v) is 2.59. The molecule has 1 atom stereocenters. The molecule has 0 spiro atoms. The lowest BCUT2D eigenvalue weighted by atomic mass is 10.0. The molecular formula is C11H15ClN2O2. The summed E-state index contributed by atoms with van der Waals surface area (Å²) in [6.45, 7) is 4.16. The summed E-state index contributed by atoms with van der Waals surface area (Å²) in [5.41, 5.74) is 0.706. The van der Waals surface area contributed by atoms with E-state index in [1.54, 1.807) is 12.3 Å². The van der Waals surface area contributed by atoms with Crippen molar-refractivity contribution in [3.8, 4) is 0 Å². The summed E-state index contributed by atoms with van der Waals surface area (Å²) in [4.78, 5) is 14.1. The van der Waals surface area contributed by atoms with E-state index in [0.717, 1.165) is 6.42 Å². The predicted octanol–water partition coefficient (Wildman–Crippen LogP) is 3.19. The number of rotatable bonds is 5. The van der Waals surface area contributed by atoms with Crippen molar-refractivity contribution in [3.05, 3.63) is 34.1 Å². The lowest BCUT2D eigenvalue weighted by Crippen LogP contribution is -2.09. The van der Waals surface area contributed by atoms with Gasteiger partial charge in [-0.25, -0.2) is 0 Å². The zero-order valence-corrected chi connectivity index (χ0v) is 10.1. The molecule has 0 aliphatic heterocycles. The highest BCUT2D eigenvalue weighted by atomic mass is 35.5. The van der Waals surface area contributed by atoms with Crippen LogP contribution >= 0.6 is 11.6 Å². The van der Waals surface area contributed by atoms with Gasteiger partial charge in [-0.3, -0.25) is 15.1 Å². The Morgan fingerprint density at radius 1 is 1.56 bits per heavy atom. The van der Waals surface area contributed by atoms with Gasteiger partial charge in [-0.05, 0) is 24.8 Å². The van der Waals surface area contributed by atoms with Crippen LogP contribution in [0.1, 0.15) is 25.8 Å². The van der Waals surface area contributed by atoms with Gasteiger partial charge in [0.25, 0.3) is 5.69 Å². The van der Waals surface area contributed by atoms with Crippen LogP contribution in [0.25, 0.3) is 0 Å². The molecule has 1 aromatic heterocycles. The third-order valence-electron chi connectivity index (χ3n) is 2.25. The Morgan fingerprint density at radius 3 is 2.81 bits per heavy atom. The second kappa shape index (κ2) is 5.80. The molecular weight excluding hydrogens is 228 g/mol. The number of halogens is 1. The lowest BCUT2D eigenvalue weighted by molar-refractivity contribution is -0.385. The summed E-state index contributed by atoms with van der Waals surface area (Å²) >= 11 is 6.14. The summed E-state index contributed by atoms with van der Waals surface area (Å²) in [6.07, 6.45) is 4.19. The van der Waals surface area contributed by atoms with Gasteiger partial charge in [-0.1, -0.05) is 13.8 Å². The van der Waals surface area contributed by atoms with E-state index < -0.39 is 4.92 Å². The van der Waals surface area contributed by atoms with Crippen LogP contribution in [0, 0.1) is 16.0 Å². The van der Waals surface area contributed by atoms with Crippen molar-refractivity contribution in [1.29, 1.82) is 0 Å². The van der Waals surface area contributed by atoms with Crippen molar-refractivity contribution in [1.82, 2.24) is 4.98 Å². The molecule has 1 aromatic rings. The average molecular weight is 243 g/mol. The number of alkyl halides is 1. The van der Waals surface area contributed by atoms with Crippen molar-refractivity contribution >= 4 is 17.3 Å². The van der Waals surface area contributed by atoms with Gasteiger partial charge in [0.05, 0.1) is 4.92 Å². The highest BCUT2D eigenvalue weighted by molar-refractivity contribution is 6.20. The van der Waals surface area contributed by atoms with Gasteiger partial charge in [-0.2, -0.15) is 0 Å². The molecule has 0 aliphatic rings. The van der Waals surface area contributed by atoms with Crippen LogP contribution in [0.5, 0.6) is 0 Å². The molecule has 0 N–H and O–H groups in total. The Bertz CT molecular complexity index is 369. The quantitative estimate of drug-likeness (QED) is 0.453. The van der Waals surface area contributed by atoms with Crippen LogP contribution in [0.4, 0.5) is 5.69 Å². The summed E-state index contributed by atoms with van der Waals surface area (Å²) in [5, 5.41) is 10.7. The van der Waals surface area contributed by atoms with Gasteiger partial charge in [0.1, 0.15) is 6.20 Å². The minimum atomic E-state index is -0.415. The maximum absolute atomic E-state index is 10.7. The fourth-order valence-corrected chi connectivity index (χ4v) is 2.11. The molecule has 0 aliphatic carbocycles. The van der Waals surface area contributed by atoms with Gasteiger partial charge in [-0.15, -0.1) is 11.6 Å². The van der Waals surface area contributed by atoms with Gasteiger partial charge < -0.3 is 0 Å². The number of aromatic nitrogens is 1. The zero-order chi connectivity index (χ0) is 12.1. The second-order valence-electron chi connectivity index (χ2n) is 4.19. The first-order valence-electron chi connectivity index (χ1n) is 5.22. The third kappa shape index (κ3) is 3.77. The minimum Gasteiger partial charge on any atom is -0.258 e. The van der Waals surface area contributed by atoms with E-state index in [9.17, 15) is 10.1 Å². The molecule has 4 nitrogen and oxygen atoms in total. The Kier molecular flexibility index (Phi) is 4.68. The number of nitrogens with zero attached hydrogens (tertiary/aromatic N) is 2. The number of hydrogen-bond donors (Lipinski definition) is 0. The molecule has 1 heterocycles. The van der Waals surface area contributed by atoms with Gasteiger partial charge in [0.2, 0.25) is 0 Å². The number of nitro groups is 1. The molecule has 0 bridgehead atoms. The van der Waals surface area contributed by atoms with Crippen LogP contribution in [-0.2, 0) is 6.42 Å². The Morgan fingerprint density at radius 2 is 2.25 bits per heavy atom. The van der Waals surface area contributed by atoms with E-state index >= 15 is 0 Å². The number of hydrogen-bond acceptors (Lipinski definition) is 3. The fraction of sp³-hybridized carbons (Fsp3) is 0.545. The normalized spacial score (nSPS) is 12.8. The largest absolute Gasteiger partial charge is 0.290 e. The first-order chi connectivity index (χ1) is 7.50. The SMILES string of the molecule is CC(C)CC(Cl)Cc1ccncc1[N+](=O)[O-]. The summed E-state index contributed by atoms with van der Waals surface area (Å²) in [7, 11) is 0. The summed E-state index contributed by atoms with van der Waals surface area (Å²) in [5.74, 6) is 0.489. The molecule has 0 saturated carbocycles. The van der Waals surface area contributed by atoms with Gasteiger partial charge in [0, 0.05) is 17.1 Å². The van der Waals surface area contributed by atoms with Gasteiger partial charge >= 0.3 is 0 Å². The molecule has 0 saturated heterocycles. The minimum absolute atomic E-state index is 0.0527. The van der Waals surface area contributed by atoms with Crippen molar-refractivity contribution in [3.63, 3.8) is 0 Å². The van der Waals surface area contributed by atoms with Crippen LogP contribution in [0.3, 0.4) is 0 Å². The summed E-state index contributed by atoms with van der Waals surface area (Å²) < 4.78 is 0. The maximum atomic E-state index is 10.7. The molecule has 0 radical (unpaired) electrons. The van der Waals surface area contributed by atoms with E-state index in [1.807, 2.05) is 0 Å². The van der Waals surface area contributed by atoms with Crippen molar-refractivity contribution in [2.75, 3.05) is 0 Å². The van der Waals surface area contributed by atoms with E-state index in [4.69, 9.17) is 11.6 Å². The van der Waals surface area contributed by atoms with Crippen LogP contribution < -0.4 is 0 Å². The second-order valence-corrected chi connectivity index (χ2v) is 4.81.